The number of halogens is 1. The summed E-state index contributed by atoms with van der Waals surface area (Å²) in [6, 6.07) is 4.02. The molecular formula is C13H22BrN3. The minimum Gasteiger partial charge on any atom is -0.370 e. The normalized spacial score (nSPS) is 11.6. The molecule has 4 heteroatoms. The number of hydrogen-bond donors (Lipinski definition) is 2. The highest BCUT2D eigenvalue weighted by atomic mass is 79.9. The maximum Gasteiger partial charge on any atom is 0.126 e. The molecule has 0 bridgehead atoms. The number of pyridine rings is 1. The van der Waals surface area contributed by atoms with Crippen LogP contribution in [0.4, 0.5) is 5.82 Å². The van der Waals surface area contributed by atoms with E-state index in [4.69, 9.17) is 5.73 Å². The second-order valence-corrected chi connectivity index (χ2v) is 6.03. The second-order valence-electron chi connectivity index (χ2n) is 5.17. The minimum atomic E-state index is 0.252. The number of nitrogens with two attached hydrogens (primary N) is 1. The van der Waals surface area contributed by atoms with E-state index in [-0.39, 0.29) is 5.41 Å². The Morgan fingerprint density at radius 3 is 2.71 bits per heavy atom. The Balaban J connectivity index is 2.51. The van der Waals surface area contributed by atoms with E-state index < -0.39 is 0 Å². The van der Waals surface area contributed by atoms with Gasteiger partial charge in [0.05, 0.1) is 5.69 Å². The van der Waals surface area contributed by atoms with Gasteiger partial charge in [0, 0.05) is 11.0 Å². The summed E-state index contributed by atoms with van der Waals surface area (Å²) in [5.74, 6) is 0.937. The molecule has 0 atom stereocenters. The fourth-order valence-electron chi connectivity index (χ4n) is 1.64. The standard InChI is InChI=1S/C13H22BrN3/c1-10-11(14)5-6-12(17-10)16-9-13(2,3)7-4-8-15/h5-6H,4,7-9,15H2,1-3H3,(H,16,17). The predicted octanol–water partition coefficient (Wildman–Crippen LogP) is 3.33. The van der Waals surface area contributed by atoms with Crippen molar-refractivity contribution in [3.63, 3.8) is 0 Å². The van der Waals surface area contributed by atoms with Gasteiger partial charge in [0.15, 0.2) is 0 Å². The van der Waals surface area contributed by atoms with Crippen LogP contribution in [-0.2, 0) is 0 Å². The average Bonchev–Trinajstić information content (AvgIpc) is 2.28. The van der Waals surface area contributed by atoms with E-state index in [1.807, 2.05) is 19.1 Å². The minimum absolute atomic E-state index is 0.252. The molecule has 0 radical (unpaired) electrons. The number of rotatable bonds is 6. The molecule has 0 amide bonds. The zero-order valence-corrected chi connectivity index (χ0v) is 12.5. The third-order valence-corrected chi connectivity index (χ3v) is 3.67. The van der Waals surface area contributed by atoms with Gasteiger partial charge >= 0.3 is 0 Å². The van der Waals surface area contributed by atoms with E-state index in [9.17, 15) is 0 Å². The third-order valence-electron chi connectivity index (χ3n) is 2.83. The van der Waals surface area contributed by atoms with E-state index in [2.05, 4.69) is 40.1 Å². The fraction of sp³-hybridized carbons (Fsp3) is 0.615. The second kappa shape index (κ2) is 6.36. The van der Waals surface area contributed by atoms with Crippen LogP contribution in [0.25, 0.3) is 0 Å². The Hall–Kier alpha value is -0.610. The maximum absolute atomic E-state index is 5.54. The van der Waals surface area contributed by atoms with Crippen molar-refractivity contribution in [3.8, 4) is 0 Å². The molecule has 0 spiro atoms. The largest absolute Gasteiger partial charge is 0.370 e. The van der Waals surface area contributed by atoms with Gasteiger partial charge in [-0.1, -0.05) is 13.8 Å². The highest BCUT2D eigenvalue weighted by Crippen LogP contribution is 2.23. The van der Waals surface area contributed by atoms with Crippen molar-refractivity contribution in [1.29, 1.82) is 0 Å². The van der Waals surface area contributed by atoms with Crippen molar-refractivity contribution in [1.82, 2.24) is 4.98 Å². The van der Waals surface area contributed by atoms with Crippen LogP contribution >= 0.6 is 15.9 Å². The summed E-state index contributed by atoms with van der Waals surface area (Å²) in [4.78, 5) is 4.47. The van der Waals surface area contributed by atoms with Gasteiger partial charge in [0.25, 0.3) is 0 Å². The fourth-order valence-corrected chi connectivity index (χ4v) is 1.86. The van der Waals surface area contributed by atoms with Gasteiger partial charge in [-0.15, -0.1) is 0 Å². The summed E-state index contributed by atoms with van der Waals surface area (Å²) in [6.45, 7) is 8.18. The van der Waals surface area contributed by atoms with Gasteiger partial charge in [-0.05, 0) is 59.8 Å². The van der Waals surface area contributed by atoms with E-state index in [0.29, 0.717) is 0 Å². The van der Waals surface area contributed by atoms with Crippen LogP contribution in [0.15, 0.2) is 16.6 Å². The molecule has 0 aliphatic rings. The first-order valence-electron chi connectivity index (χ1n) is 6.02. The lowest BCUT2D eigenvalue weighted by atomic mass is 9.88. The Bertz CT molecular complexity index is 364. The molecule has 0 aromatic carbocycles. The van der Waals surface area contributed by atoms with Crippen molar-refractivity contribution in [2.24, 2.45) is 11.1 Å². The van der Waals surface area contributed by atoms with Gasteiger partial charge in [0.1, 0.15) is 5.82 Å². The molecule has 0 unspecified atom stereocenters. The predicted molar refractivity (Wildman–Crippen MR) is 77.2 cm³/mol. The van der Waals surface area contributed by atoms with Gasteiger partial charge in [-0.3, -0.25) is 0 Å². The van der Waals surface area contributed by atoms with Crippen LogP contribution in [-0.4, -0.2) is 18.1 Å². The van der Waals surface area contributed by atoms with E-state index in [1.54, 1.807) is 0 Å². The Labute approximate surface area is 112 Å². The van der Waals surface area contributed by atoms with Crippen LogP contribution in [0.3, 0.4) is 0 Å². The molecule has 1 rings (SSSR count). The van der Waals surface area contributed by atoms with Gasteiger partial charge in [0.2, 0.25) is 0 Å². The molecular weight excluding hydrogens is 278 g/mol. The Morgan fingerprint density at radius 2 is 2.12 bits per heavy atom. The molecule has 96 valence electrons. The van der Waals surface area contributed by atoms with Crippen LogP contribution in [0.2, 0.25) is 0 Å². The quantitative estimate of drug-likeness (QED) is 0.847. The zero-order chi connectivity index (χ0) is 12.9. The Morgan fingerprint density at radius 1 is 1.41 bits per heavy atom. The SMILES string of the molecule is Cc1nc(NCC(C)(C)CCCN)ccc1Br. The molecule has 1 heterocycles. The molecule has 0 saturated heterocycles. The van der Waals surface area contributed by atoms with Crippen LogP contribution in [0.5, 0.6) is 0 Å². The number of nitrogens with one attached hydrogen (secondary N) is 1. The summed E-state index contributed by atoms with van der Waals surface area (Å²) >= 11 is 3.45. The molecule has 1 aromatic rings. The van der Waals surface area contributed by atoms with E-state index in [0.717, 1.165) is 41.9 Å². The van der Waals surface area contributed by atoms with Crippen molar-refractivity contribution in [2.75, 3.05) is 18.4 Å². The molecule has 0 aliphatic heterocycles. The number of anilines is 1. The maximum atomic E-state index is 5.54. The number of hydrogen-bond acceptors (Lipinski definition) is 3. The molecule has 1 aromatic heterocycles. The molecule has 3 nitrogen and oxygen atoms in total. The van der Waals surface area contributed by atoms with Crippen molar-refractivity contribution < 1.29 is 0 Å². The molecule has 0 aliphatic carbocycles. The summed E-state index contributed by atoms with van der Waals surface area (Å²) < 4.78 is 1.05. The molecule has 0 saturated carbocycles. The smallest absolute Gasteiger partial charge is 0.126 e. The first kappa shape index (κ1) is 14.5. The summed E-state index contributed by atoms with van der Waals surface area (Å²) in [7, 11) is 0. The lowest BCUT2D eigenvalue weighted by Crippen LogP contribution is -2.24. The summed E-state index contributed by atoms with van der Waals surface area (Å²) in [5, 5.41) is 3.39. The van der Waals surface area contributed by atoms with Gasteiger partial charge in [-0.25, -0.2) is 4.98 Å². The van der Waals surface area contributed by atoms with Crippen LogP contribution in [0, 0.1) is 12.3 Å². The number of aryl methyl sites for hydroxylation is 1. The molecule has 17 heavy (non-hydrogen) atoms. The topological polar surface area (TPSA) is 50.9 Å². The molecule has 0 fully saturated rings. The van der Waals surface area contributed by atoms with E-state index in [1.165, 1.54) is 0 Å². The van der Waals surface area contributed by atoms with Gasteiger partial charge in [-0.2, -0.15) is 0 Å². The lowest BCUT2D eigenvalue weighted by Gasteiger charge is -2.25. The number of aromatic nitrogens is 1. The Kier molecular flexibility index (Phi) is 5.40. The monoisotopic (exact) mass is 299 g/mol. The van der Waals surface area contributed by atoms with Crippen LogP contribution < -0.4 is 11.1 Å². The van der Waals surface area contributed by atoms with Gasteiger partial charge < -0.3 is 11.1 Å². The highest BCUT2D eigenvalue weighted by molar-refractivity contribution is 9.10. The third kappa shape index (κ3) is 5.04. The zero-order valence-electron chi connectivity index (χ0n) is 10.9. The summed E-state index contributed by atoms with van der Waals surface area (Å²) in [5.41, 5.74) is 6.80. The first-order valence-corrected chi connectivity index (χ1v) is 6.81. The van der Waals surface area contributed by atoms with Crippen molar-refractivity contribution in [2.45, 2.75) is 33.6 Å². The average molecular weight is 300 g/mol. The van der Waals surface area contributed by atoms with Crippen molar-refractivity contribution >= 4 is 21.7 Å². The summed E-state index contributed by atoms with van der Waals surface area (Å²) in [6.07, 6.45) is 2.20. The first-order chi connectivity index (χ1) is 7.94. The van der Waals surface area contributed by atoms with Crippen molar-refractivity contribution in [3.05, 3.63) is 22.3 Å². The lowest BCUT2D eigenvalue weighted by molar-refractivity contribution is 0.350. The van der Waals surface area contributed by atoms with E-state index >= 15 is 0 Å². The molecule has 3 N–H and O–H groups in total. The number of nitrogens with zero attached hydrogens (tertiary/aromatic N) is 1. The van der Waals surface area contributed by atoms with Crippen LogP contribution in [0.1, 0.15) is 32.4 Å². The highest BCUT2D eigenvalue weighted by Gasteiger charge is 2.16.